The van der Waals surface area contributed by atoms with Gasteiger partial charge < -0.3 is 15.9 Å². The SMILES string of the molecule is N/C(=N\O)c1[c-]ccnc1.[Y+3]. The van der Waals surface area contributed by atoms with Crippen LogP contribution < -0.4 is 5.73 Å². The molecule has 52 valence electrons. The fourth-order valence-electron chi connectivity index (χ4n) is 0.519. The summed E-state index contributed by atoms with van der Waals surface area (Å²) in [5.41, 5.74) is 5.71. The zero-order chi connectivity index (χ0) is 7.40. The van der Waals surface area contributed by atoms with Crippen molar-refractivity contribution in [3.63, 3.8) is 0 Å². The van der Waals surface area contributed by atoms with E-state index in [1.807, 2.05) is 0 Å². The molecule has 0 bridgehead atoms. The number of amidine groups is 1. The van der Waals surface area contributed by atoms with Crippen LogP contribution >= 0.6 is 0 Å². The second kappa shape index (κ2) is 5.21. The van der Waals surface area contributed by atoms with Crippen LogP contribution in [-0.4, -0.2) is 16.0 Å². The summed E-state index contributed by atoms with van der Waals surface area (Å²) in [6, 6.07) is 4.33. The average molecular weight is 225 g/mol. The second-order valence-corrected chi connectivity index (χ2v) is 1.64. The maximum absolute atomic E-state index is 8.20. The number of rotatable bonds is 1. The van der Waals surface area contributed by atoms with E-state index in [1.54, 1.807) is 12.3 Å². The molecule has 1 aromatic rings. The van der Waals surface area contributed by atoms with Crippen LogP contribution in [0.1, 0.15) is 5.56 Å². The van der Waals surface area contributed by atoms with Crippen LogP contribution in [0.2, 0.25) is 0 Å². The van der Waals surface area contributed by atoms with E-state index in [9.17, 15) is 0 Å². The van der Waals surface area contributed by atoms with E-state index in [0.29, 0.717) is 5.56 Å². The van der Waals surface area contributed by atoms with Crippen LogP contribution in [-0.2, 0) is 32.7 Å². The van der Waals surface area contributed by atoms with Crippen molar-refractivity contribution in [3.05, 3.63) is 30.1 Å². The standard InChI is InChI=1S/C6H6N3O.Y/c7-6(9-10)5-2-1-3-8-4-5;/h1,3-4,10H,(H2,7,9);/q-1;+3. The molecule has 0 spiro atoms. The third kappa shape index (κ3) is 2.95. The molecular weight excluding hydrogens is 219 g/mol. The van der Waals surface area contributed by atoms with Crippen molar-refractivity contribution in [2.24, 2.45) is 10.9 Å². The van der Waals surface area contributed by atoms with E-state index in [1.165, 1.54) is 6.20 Å². The zero-order valence-electron chi connectivity index (χ0n) is 5.73. The third-order valence-corrected chi connectivity index (χ3v) is 0.987. The summed E-state index contributed by atoms with van der Waals surface area (Å²) in [4.78, 5) is 3.75. The summed E-state index contributed by atoms with van der Waals surface area (Å²) in [5.74, 6) is 0.0214. The maximum Gasteiger partial charge on any atom is 3.00 e. The number of hydrogen-bond acceptors (Lipinski definition) is 3. The maximum atomic E-state index is 8.20. The molecule has 11 heavy (non-hydrogen) atoms. The molecule has 0 aliphatic carbocycles. The van der Waals surface area contributed by atoms with Gasteiger partial charge in [0.15, 0.2) is 0 Å². The Morgan fingerprint density at radius 3 is 2.91 bits per heavy atom. The van der Waals surface area contributed by atoms with Gasteiger partial charge in [-0.05, 0) is 0 Å². The van der Waals surface area contributed by atoms with Gasteiger partial charge in [0, 0.05) is 0 Å². The molecule has 0 radical (unpaired) electrons. The fourth-order valence-corrected chi connectivity index (χ4v) is 0.519. The van der Waals surface area contributed by atoms with E-state index in [0.717, 1.165) is 0 Å². The first-order valence-electron chi connectivity index (χ1n) is 2.64. The molecule has 5 heteroatoms. The van der Waals surface area contributed by atoms with Crippen molar-refractivity contribution in [1.29, 1.82) is 0 Å². The Kier molecular flexibility index (Phi) is 4.99. The first-order valence-corrected chi connectivity index (χ1v) is 2.64. The summed E-state index contributed by atoms with van der Waals surface area (Å²) in [7, 11) is 0. The van der Waals surface area contributed by atoms with Gasteiger partial charge in [-0.15, -0.1) is 17.3 Å². The van der Waals surface area contributed by atoms with Crippen molar-refractivity contribution in [2.45, 2.75) is 0 Å². The second-order valence-electron chi connectivity index (χ2n) is 1.64. The number of oxime groups is 1. The number of nitrogens with two attached hydrogens (primary N) is 1. The number of aromatic nitrogens is 1. The monoisotopic (exact) mass is 225 g/mol. The topological polar surface area (TPSA) is 71.5 Å². The van der Waals surface area contributed by atoms with E-state index < -0.39 is 0 Å². The van der Waals surface area contributed by atoms with Crippen LogP contribution in [0.4, 0.5) is 0 Å². The Bertz CT molecular complexity index is 237. The fraction of sp³-hybridized carbons (Fsp3) is 0. The molecule has 0 amide bonds. The first-order chi connectivity index (χ1) is 4.84. The summed E-state index contributed by atoms with van der Waals surface area (Å²) >= 11 is 0. The van der Waals surface area contributed by atoms with Gasteiger partial charge in [-0.25, -0.2) is 0 Å². The Labute approximate surface area is 89.4 Å². The third-order valence-electron chi connectivity index (χ3n) is 0.987. The van der Waals surface area contributed by atoms with Crippen molar-refractivity contribution < 1.29 is 37.9 Å². The summed E-state index contributed by atoms with van der Waals surface area (Å²) in [5, 5.41) is 11.0. The van der Waals surface area contributed by atoms with Crippen LogP contribution in [0.15, 0.2) is 23.6 Å². The minimum absolute atomic E-state index is 0. The molecule has 4 nitrogen and oxygen atoms in total. The van der Waals surface area contributed by atoms with Crippen molar-refractivity contribution in [3.8, 4) is 0 Å². The Balaban J connectivity index is 0.000001000. The molecule has 0 aliphatic rings. The molecule has 0 aliphatic heterocycles. The van der Waals surface area contributed by atoms with Crippen LogP contribution in [0.3, 0.4) is 0 Å². The predicted octanol–water partition coefficient (Wildman–Crippen LogP) is -0.0262. The molecule has 1 heterocycles. The minimum Gasteiger partial charge on any atom is -0.419 e. The molecule has 3 N–H and O–H groups in total. The van der Waals surface area contributed by atoms with Crippen molar-refractivity contribution in [2.75, 3.05) is 0 Å². The first kappa shape index (κ1) is 10.5. The molecule has 1 aromatic heterocycles. The summed E-state index contributed by atoms with van der Waals surface area (Å²) in [6.07, 6.45) is 3.03. The molecule has 0 atom stereocenters. The van der Waals surface area contributed by atoms with E-state index in [2.05, 4.69) is 16.2 Å². The molecule has 0 aromatic carbocycles. The summed E-state index contributed by atoms with van der Waals surface area (Å²) in [6.45, 7) is 0. The molecule has 0 saturated carbocycles. The van der Waals surface area contributed by atoms with Gasteiger partial charge in [0.2, 0.25) is 0 Å². The van der Waals surface area contributed by atoms with Gasteiger partial charge in [0.1, 0.15) is 0 Å². The number of hydrogen-bond donors (Lipinski definition) is 2. The number of nitrogens with zero attached hydrogens (tertiary/aromatic N) is 2. The molecule has 0 saturated heterocycles. The normalized spacial score (nSPS) is 10.4. The van der Waals surface area contributed by atoms with Crippen LogP contribution in [0.25, 0.3) is 0 Å². The molecule has 0 fully saturated rings. The minimum atomic E-state index is 0. The van der Waals surface area contributed by atoms with Gasteiger partial charge >= 0.3 is 32.7 Å². The van der Waals surface area contributed by atoms with Gasteiger partial charge in [-0.1, -0.05) is 18.0 Å². The van der Waals surface area contributed by atoms with Crippen LogP contribution in [0, 0.1) is 6.07 Å². The quantitative estimate of drug-likeness (QED) is 0.232. The average Bonchev–Trinajstić information content (AvgIpc) is 2.05. The Morgan fingerprint density at radius 2 is 2.45 bits per heavy atom. The molecular formula is C6H6N3OY+2. The van der Waals surface area contributed by atoms with Gasteiger partial charge in [0.25, 0.3) is 0 Å². The van der Waals surface area contributed by atoms with Crippen LogP contribution in [0.5, 0.6) is 0 Å². The van der Waals surface area contributed by atoms with Gasteiger partial charge in [0.05, 0.1) is 5.84 Å². The van der Waals surface area contributed by atoms with Crippen molar-refractivity contribution in [1.82, 2.24) is 4.98 Å². The van der Waals surface area contributed by atoms with E-state index in [4.69, 9.17) is 10.9 Å². The number of pyridine rings is 1. The smallest absolute Gasteiger partial charge is 0.419 e. The predicted molar refractivity (Wildman–Crippen MR) is 35.6 cm³/mol. The van der Waals surface area contributed by atoms with Gasteiger partial charge in [-0.3, -0.25) is 0 Å². The van der Waals surface area contributed by atoms with Gasteiger partial charge in [-0.2, -0.15) is 0 Å². The Hall–Kier alpha value is -0.476. The largest absolute Gasteiger partial charge is 3.00 e. The zero-order valence-corrected chi connectivity index (χ0v) is 8.57. The van der Waals surface area contributed by atoms with E-state index >= 15 is 0 Å². The summed E-state index contributed by atoms with van der Waals surface area (Å²) < 4.78 is 0. The Morgan fingerprint density at radius 1 is 1.73 bits per heavy atom. The van der Waals surface area contributed by atoms with E-state index in [-0.39, 0.29) is 38.5 Å². The molecule has 1 rings (SSSR count). The molecule has 0 unspecified atom stereocenters. The van der Waals surface area contributed by atoms with Crippen molar-refractivity contribution >= 4 is 5.84 Å².